The minimum Gasteiger partial charge on any atom is -0.465 e. The molecule has 1 aromatic heterocycles. The minimum absolute atomic E-state index is 0.206. The zero-order chi connectivity index (χ0) is 11.7. The SMILES string of the molecule is COC(=O)c1ccc2nnn(C(C)C)c2c1. The summed E-state index contributed by atoms with van der Waals surface area (Å²) in [4.78, 5) is 11.4. The number of carbonyl (C=O) groups is 1. The van der Waals surface area contributed by atoms with Crippen molar-refractivity contribution in [2.45, 2.75) is 19.9 Å². The van der Waals surface area contributed by atoms with Crippen molar-refractivity contribution in [1.29, 1.82) is 0 Å². The number of hydrogen-bond acceptors (Lipinski definition) is 4. The van der Waals surface area contributed by atoms with Gasteiger partial charge in [0.25, 0.3) is 0 Å². The van der Waals surface area contributed by atoms with Crippen LogP contribution in [0.2, 0.25) is 0 Å². The van der Waals surface area contributed by atoms with Gasteiger partial charge in [0.2, 0.25) is 0 Å². The van der Waals surface area contributed by atoms with E-state index < -0.39 is 0 Å². The van der Waals surface area contributed by atoms with E-state index in [1.165, 1.54) is 7.11 Å². The summed E-state index contributed by atoms with van der Waals surface area (Å²) in [5.41, 5.74) is 2.14. The number of ether oxygens (including phenoxy) is 1. The molecular formula is C11H13N3O2. The van der Waals surface area contributed by atoms with E-state index in [2.05, 4.69) is 15.0 Å². The Kier molecular flexibility index (Phi) is 2.60. The van der Waals surface area contributed by atoms with E-state index in [0.29, 0.717) is 5.56 Å². The number of benzene rings is 1. The van der Waals surface area contributed by atoms with E-state index in [1.54, 1.807) is 22.9 Å². The highest BCUT2D eigenvalue weighted by Crippen LogP contribution is 2.17. The summed E-state index contributed by atoms with van der Waals surface area (Å²) >= 11 is 0. The summed E-state index contributed by atoms with van der Waals surface area (Å²) in [7, 11) is 1.37. The van der Waals surface area contributed by atoms with Crippen LogP contribution in [0.1, 0.15) is 30.2 Å². The van der Waals surface area contributed by atoms with Crippen molar-refractivity contribution in [2.75, 3.05) is 7.11 Å². The molecule has 0 saturated carbocycles. The lowest BCUT2D eigenvalue weighted by atomic mass is 10.2. The Bertz CT molecular complexity index is 531. The fourth-order valence-electron chi connectivity index (χ4n) is 1.56. The van der Waals surface area contributed by atoms with Gasteiger partial charge in [-0.05, 0) is 32.0 Å². The summed E-state index contributed by atoms with van der Waals surface area (Å²) in [6.07, 6.45) is 0. The minimum atomic E-state index is -0.349. The molecule has 0 amide bonds. The summed E-state index contributed by atoms with van der Waals surface area (Å²) in [6, 6.07) is 5.42. The van der Waals surface area contributed by atoms with Crippen molar-refractivity contribution < 1.29 is 9.53 Å². The van der Waals surface area contributed by atoms with E-state index in [0.717, 1.165) is 11.0 Å². The predicted molar refractivity (Wildman–Crippen MR) is 59.3 cm³/mol. The van der Waals surface area contributed by atoms with Gasteiger partial charge in [-0.25, -0.2) is 9.48 Å². The fourth-order valence-corrected chi connectivity index (χ4v) is 1.56. The van der Waals surface area contributed by atoms with Gasteiger partial charge < -0.3 is 4.74 Å². The van der Waals surface area contributed by atoms with Crippen LogP contribution in [0.15, 0.2) is 18.2 Å². The maximum Gasteiger partial charge on any atom is 0.337 e. The zero-order valence-corrected chi connectivity index (χ0v) is 9.47. The number of hydrogen-bond donors (Lipinski definition) is 0. The zero-order valence-electron chi connectivity index (χ0n) is 9.47. The van der Waals surface area contributed by atoms with Gasteiger partial charge in [0.1, 0.15) is 5.52 Å². The molecule has 0 bridgehead atoms. The van der Waals surface area contributed by atoms with E-state index in [9.17, 15) is 4.79 Å². The van der Waals surface area contributed by atoms with Crippen LogP contribution in [0.3, 0.4) is 0 Å². The Labute approximate surface area is 93.0 Å². The first-order valence-corrected chi connectivity index (χ1v) is 5.06. The van der Waals surface area contributed by atoms with Crippen molar-refractivity contribution in [3.05, 3.63) is 23.8 Å². The van der Waals surface area contributed by atoms with Crippen LogP contribution >= 0.6 is 0 Å². The van der Waals surface area contributed by atoms with Crippen LogP contribution in [0.4, 0.5) is 0 Å². The first-order chi connectivity index (χ1) is 7.63. The molecule has 0 fully saturated rings. The maximum atomic E-state index is 11.4. The van der Waals surface area contributed by atoms with Gasteiger partial charge >= 0.3 is 5.97 Å². The molecule has 0 aliphatic carbocycles. The van der Waals surface area contributed by atoms with Gasteiger partial charge in [0, 0.05) is 6.04 Å². The normalized spacial score (nSPS) is 11.0. The first-order valence-electron chi connectivity index (χ1n) is 5.06. The van der Waals surface area contributed by atoms with Crippen molar-refractivity contribution in [3.8, 4) is 0 Å². The quantitative estimate of drug-likeness (QED) is 0.723. The van der Waals surface area contributed by atoms with Gasteiger partial charge in [0.15, 0.2) is 0 Å². The Hall–Kier alpha value is -1.91. The number of esters is 1. The fraction of sp³-hybridized carbons (Fsp3) is 0.364. The van der Waals surface area contributed by atoms with E-state index in [4.69, 9.17) is 0 Å². The largest absolute Gasteiger partial charge is 0.465 e. The highest BCUT2D eigenvalue weighted by Gasteiger charge is 2.11. The van der Waals surface area contributed by atoms with Crippen molar-refractivity contribution in [2.24, 2.45) is 0 Å². The van der Waals surface area contributed by atoms with Crippen LogP contribution in [0, 0.1) is 0 Å². The summed E-state index contributed by atoms with van der Waals surface area (Å²) < 4.78 is 6.45. The lowest BCUT2D eigenvalue weighted by Gasteiger charge is -2.05. The van der Waals surface area contributed by atoms with Gasteiger partial charge in [0.05, 0.1) is 18.2 Å². The smallest absolute Gasteiger partial charge is 0.337 e. The number of rotatable bonds is 2. The van der Waals surface area contributed by atoms with E-state index in [-0.39, 0.29) is 12.0 Å². The van der Waals surface area contributed by atoms with Gasteiger partial charge in [-0.2, -0.15) is 0 Å². The number of aromatic nitrogens is 3. The molecule has 84 valence electrons. The molecule has 0 spiro atoms. The topological polar surface area (TPSA) is 57.0 Å². The van der Waals surface area contributed by atoms with Crippen LogP contribution in [-0.4, -0.2) is 28.1 Å². The molecule has 1 heterocycles. The van der Waals surface area contributed by atoms with Gasteiger partial charge in [-0.1, -0.05) is 5.21 Å². The lowest BCUT2D eigenvalue weighted by Crippen LogP contribution is -2.04. The molecular weight excluding hydrogens is 206 g/mol. The van der Waals surface area contributed by atoms with Crippen molar-refractivity contribution in [1.82, 2.24) is 15.0 Å². The first kappa shape index (κ1) is 10.6. The second-order valence-electron chi connectivity index (χ2n) is 3.82. The van der Waals surface area contributed by atoms with E-state index >= 15 is 0 Å². The van der Waals surface area contributed by atoms with E-state index in [1.807, 2.05) is 13.8 Å². The number of methoxy groups -OCH3 is 1. The standard InChI is InChI=1S/C11H13N3O2/c1-7(2)14-10-6-8(11(15)16-3)4-5-9(10)12-13-14/h4-7H,1-3H3. The van der Waals surface area contributed by atoms with Gasteiger partial charge in [-0.3, -0.25) is 0 Å². The molecule has 2 aromatic rings. The second-order valence-corrected chi connectivity index (χ2v) is 3.82. The Morgan fingerprint density at radius 3 is 2.81 bits per heavy atom. The molecule has 0 atom stereocenters. The van der Waals surface area contributed by atoms with Crippen LogP contribution < -0.4 is 0 Å². The summed E-state index contributed by atoms with van der Waals surface area (Å²) in [5, 5.41) is 8.06. The van der Waals surface area contributed by atoms with Gasteiger partial charge in [-0.15, -0.1) is 5.10 Å². The molecule has 0 aliphatic heterocycles. The molecule has 5 heteroatoms. The number of fused-ring (bicyclic) bond motifs is 1. The summed E-state index contributed by atoms with van der Waals surface area (Å²) in [5.74, 6) is -0.349. The average molecular weight is 219 g/mol. The third kappa shape index (κ3) is 1.64. The highest BCUT2D eigenvalue weighted by atomic mass is 16.5. The Morgan fingerprint density at radius 2 is 2.19 bits per heavy atom. The molecule has 16 heavy (non-hydrogen) atoms. The predicted octanol–water partition coefficient (Wildman–Crippen LogP) is 1.80. The van der Waals surface area contributed by atoms with Crippen LogP contribution in [0.25, 0.3) is 11.0 Å². The lowest BCUT2D eigenvalue weighted by molar-refractivity contribution is 0.0601. The molecule has 0 radical (unpaired) electrons. The molecule has 2 rings (SSSR count). The Morgan fingerprint density at radius 1 is 1.44 bits per heavy atom. The maximum absolute atomic E-state index is 11.4. The third-order valence-electron chi connectivity index (χ3n) is 2.38. The molecule has 0 saturated heterocycles. The molecule has 0 unspecified atom stereocenters. The molecule has 1 aromatic carbocycles. The summed E-state index contributed by atoms with van der Waals surface area (Å²) in [6.45, 7) is 4.03. The number of nitrogens with zero attached hydrogens (tertiary/aromatic N) is 3. The van der Waals surface area contributed by atoms with Crippen LogP contribution in [0.5, 0.6) is 0 Å². The third-order valence-corrected chi connectivity index (χ3v) is 2.38. The molecule has 0 N–H and O–H groups in total. The molecule has 5 nitrogen and oxygen atoms in total. The average Bonchev–Trinajstić information content (AvgIpc) is 2.70. The number of carbonyl (C=O) groups excluding carboxylic acids is 1. The highest BCUT2D eigenvalue weighted by molar-refractivity contribution is 5.93. The van der Waals surface area contributed by atoms with Crippen molar-refractivity contribution in [3.63, 3.8) is 0 Å². The second kappa shape index (κ2) is 3.92. The molecule has 0 aliphatic rings. The van der Waals surface area contributed by atoms with Crippen LogP contribution in [-0.2, 0) is 4.74 Å². The van der Waals surface area contributed by atoms with Crippen molar-refractivity contribution >= 4 is 17.0 Å². The monoisotopic (exact) mass is 219 g/mol. The Balaban J connectivity index is 2.58.